The molecule has 0 saturated carbocycles. The topological polar surface area (TPSA) is 84.3 Å². The Bertz CT molecular complexity index is 589. The number of hydrogen-bond donors (Lipinski definition) is 2. The van der Waals surface area contributed by atoms with Gasteiger partial charge in [-0.2, -0.15) is 0 Å². The van der Waals surface area contributed by atoms with Crippen LogP contribution in [0.3, 0.4) is 0 Å². The van der Waals surface area contributed by atoms with Gasteiger partial charge in [-0.15, -0.1) is 0 Å². The van der Waals surface area contributed by atoms with Crippen LogP contribution in [0.15, 0.2) is 27.7 Å². The summed E-state index contributed by atoms with van der Waals surface area (Å²) in [5, 5.41) is 8.85. The molecule has 0 fully saturated rings. The van der Waals surface area contributed by atoms with Gasteiger partial charge in [0.05, 0.1) is 13.2 Å². The molecule has 2 N–H and O–H groups in total. The Kier molecular flexibility index (Phi) is 3.44. The normalized spacial score (nSPS) is 23.2. The zero-order chi connectivity index (χ0) is 13.3. The number of aryl methyl sites for hydroxylation is 1. The molecule has 1 aliphatic rings. The van der Waals surface area contributed by atoms with Crippen LogP contribution in [0.5, 0.6) is 0 Å². The predicted molar refractivity (Wildman–Crippen MR) is 61.0 cm³/mol. The molecule has 7 heteroatoms. The lowest BCUT2D eigenvalue weighted by Gasteiger charge is -2.14. The molecule has 2 atom stereocenters. The Morgan fingerprint density at radius 2 is 2.28 bits per heavy atom. The maximum Gasteiger partial charge on any atom is 0.328 e. The van der Waals surface area contributed by atoms with Crippen molar-refractivity contribution >= 4 is 0 Å². The summed E-state index contributed by atoms with van der Waals surface area (Å²) in [6.07, 6.45) is 0.929. The predicted octanol–water partition coefficient (Wildman–Crippen LogP) is -0.542. The average Bonchev–Trinajstić information content (AvgIpc) is 2.67. The molecule has 2 rings (SSSR count). The van der Waals surface area contributed by atoms with E-state index in [1.165, 1.54) is 16.8 Å². The number of rotatable bonds is 3. The van der Waals surface area contributed by atoms with Crippen molar-refractivity contribution in [1.29, 1.82) is 0 Å². The van der Waals surface area contributed by atoms with Gasteiger partial charge in [0.2, 0.25) is 0 Å². The second-order valence-electron chi connectivity index (χ2n) is 4.12. The van der Waals surface area contributed by atoms with Crippen molar-refractivity contribution in [3.8, 4) is 0 Å². The number of ether oxygens (including phenoxy) is 1. The molecule has 0 aromatic carbocycles. The molecular weight excluding hydrogens is 243 g/mol. The molecule has 18 heavy (non-hydrogen) atoms. The Labute approximate surface area is 101 Å². The molecule has 0 unspecified atom stereocenters. The fourth-order valence-electron chi connectivity index (χ4n) is 1.76. The summed E-state index contributed by atoms with van der Waals surface area (Å²) < 4.78 is 19.8. The lowest BCUT2D eigenvalue weighted by atomic mass is 10.3. The van der Waals surface area contributed by atoms with Gasteiger partial charge in [-0.1, -0.05) is 0 Å². The first-order valence-electron chi connectivity index (χ1n) is 5.45. The van der Waals surface area contributed by atoms with Crippen molar-refractivity contribution in [2.45, 2.75) is 25.7 Å². The van der Waals surface area contributed by atoms with E-state index in [1.807, 2.05) is 0 Å². The number of nitrogens with zero attached hydrogens (tertiary/aromatic N) is 1. The Morgan fingerprint density at radius 1 is 1.56 bits per heavy atom. The van der Waals surface area contributed by atoms with E-state index in [2.05, 4.69) is 4.98 Å². The van der Waals surface area contributed by atoms with E-state index >= 15 is 0 Å². The van der Waals surface area contributed by atoms with Gasteiger partial charge in [0.1, 0.15) is 18.0 Å². The minimum Gasteiger partial charge on any atom is -0.393 e. The number of nitrogens with one attached hydrogen (secondary N) is 1. The van der Waals surface area contributed by atoms with Crippen LogP contribution in [-0.4, -0.2) is 33.5 Å². The standard InChI is InChI=1S/C11H13FN2O4/c1-6-3-14(11(17)13-10(6)16)4-9-8(12)2-7(5-15)18-9/h2-3,7,9,15H,4-5H2,1H3,(H,13,16,17)/t7-,9-/m0/s1. The zero-order valence-corrected chi connectivity index (χ0v) is 9.72. The third kappa shape index (κ3) is 2.41. The van der Waals surface area contributed by atoms with Crippen molar-refractivity contribution in [3.05, 3.63) is 44.5 Å². The summed E-state index contributed by atoms with van der Waals surface area (Å²) >= 11 is 0. The van der Waals surface area contributed by atoms with Gasteiger partial charge in [0, 0.05) is 11.8 Å². The molecule has 1 aromatic heterocycles. The van der Waals surface area contributed by atoms with E-state index in [0.717, 1.165) is 0 Å². The van der Waals surface area contributed by atoms with Crippen molar-refractivity contribution < 1.29 is 14.2 Å². The first-order chi connectivity index (χ1) is 8.51. The van der Waals surface area contributed by atoms with Gasteiger partial charge in [0.15, 0.2) is 0 Å². The zero-order valence-electron chi connectivity index (χ0n) is 9.72. The summed E-state index contributed by atoms with van der Waals surface area (Å²) in [6.45, 7) is 1.19. The molecule has 6 nitrogen and oxygen atoms in total. The van der Waals surface area contributed by atoms with E-state index in [9.17, 15) is 14.0 Å². The molecule has 0 aliphatic carbocycles. The van der Waals surface area contributed by atoms with Gasteiger partial charge in [-0.05, 0) is 13.0 Å². The molecule has 2 heterocycles. The smallest absolute Gasteiger partial charge is 0.328 e. The Balaban J connectivity index is 2.21. The van der Waals surface area contributed by atoms with Gasteiger partial charge in [-0.25, -0.2) is 9.18 Å². The minimum atomic E-state index is -0.912. The number of halogens is 1. The summed E-state index contributed by atoms with van der Waals surface area (Å²) in [5.74, 6) is -0.523. The van der Waals surface area contributed by atoms with E-state index in [4.69, 9.17) is 9.84 Å². The van der Waals surface area contributed by atoms with Crippen molar-refractivity contribution in [2.24, 2.45) is 0 Å². The van der Waals surface area contributed by atoms with Crippen LogP contribution >= 0.6 is 0 Å². The highest BCUT2D eigenvalue weighted by Crippen LogP contribution is 2.21. The third-order valence-corrected chi connectivity index (χ3v) is 2.72. The summed E-state index contributed by atoms with van der Waals surface area (Å²) in [7, 11) is 0. The summed E-state index contributed by atoms with van der Waals surface area (Å²) in [5.41, 5.74) is -0.724. The molecule has 1 aromatic rings. The van der Waals surface area contributed by atoms with Crippen LogP contribution in [0.25, 0.3) is 0 Å². The highest BCUT2D eigenvalue weighted by Gasteiger charge is 2.27. The fraction of sp³-hybridized carbons (Fsp3) is 0.455. The van der Waals surface area contributed by atoms with Gasteiger partial charge in [-0.3, -0.25) is 14.3 Å². The van der Waals surface area contributed by atoms with E-state index in [1.54, 1.807) is 6.92 Å². The molecule has 0 radical (unpaired) electrons. The highest BCUT2D eigenvalue weighted by atomic mass is 19.1. The number of aromatic nitrogens is 2. The van der Waals surface area contributed by atoms with Crippen LogP contribution in [0.4, 0.5) is 4.39 Å². The molecule has 0 spiro atoms. The quantitative estimate of drug-likeness (QED) is 0.760. The van der Waals surface area contributed by atoms with Crippen LogP contribution in [0.2, 0.25) is 0 Å². The summed E-state index contributed by atoms with van der Waals surface area (Å²) in [6, 6.07) is 0. The van der Waals surface area contributed by atoms with Crippen LogP contribution in [0, 0.1) is 6.92 Å². The lowest BCUT2D eigenvalue weighted by Crippen LogP contribution is -2.34. The molecule has 98 valence electrons. The van der Waals surface area contributed by atoms with Crippen LogP contribution < -0.4 is 11.2 Å². The Hall–Kier alpha value is -1.73. The van der Waals surface area contributed by atoms with Crippen molar-refractivity contribution in [3.63, 3.8) is 0 Å². The maximum absolute atomic E-state index is 13.5. The molecular formula is C11H13FN2O4. The first-order valence-corrected chi connectivity index (χ1v) is 5.45. The molecule has 0 amide bonds. The molecule has 1 aliphatic heterocycles. The van der Waals surface area contributed by atoms with E-state index < -0.39 is 29.3 Å². The number of aliphatic hydroxyl groups excluding tert-OH is 1. The summed E-state index contributed by atoms with van der Waals surface area (Å²) in [4.78, 5) is 24.8. The van der Waals surface area contributed by atoms with Crippen LogP contribution in [0.1, 0.15) is 5.56 Å². The second kappa shape index (κ2) is 4.87. The first kappa shape index (κ1) is 12.7. The number of H-pyrrole nitrogens is 1. The third-order valence-electron chi connectivity index (χ3n) is 2.72. The highest BCUT2D eigenvalue weighted by molar-refractivity contribution is 5.10. The van der Waals surface area contributed by atoms with E-state index in [0.29, 0.717) is 5.56 Å². The van der Waals surface area contributed by atoms with Gasteiger partial charge in [0.25, 0.3) is 5.56 Å². The van der Waals surface area contributed by atoms with Gasteiger partial charge >= 0.3 is 5.69 Å². The fourth-order valence-corrected chi connectivity index (χ4v) is 1.76. The number of aliphatic hydroxyl groups is 1. The second-order valence-corrected chi connectivity index (χ2v) is 4.12. The molecule has 0 saturated heterocycles. The average molecular weight is 256 g/mol. The molecule has 0 bridgehead atoms. The Morgan fingerprint density at radius 3 is 2.89 bits per heavy atom. The van der Waals surface area contributed by atoms with Crippen molar-refractivity contribution in [2.75, 3.05) is 6.61 Å². The number of aromatic amines is 1. The largest absolute Gasteiger partial charge is 0.393 e. The van der Waals surface area contributed by atoms with Crippen LogP contribution in [-0.2, 0) is 11.3 Å². The SMILES string of the molecule is Cc1cn(C[C@@H]2O[C@H](CO)C=C2F)c(=O)[nH]c1=O. The van der Waals surface area contributed by atoms with Crippen molar-refractivity contribution in [1.82, 2.24) is 9.55 Å². The van der Waals surface area contributed by atoms with E-state index in [-0.39, 0.29) is 13.2 Å². The van der Waals surface area contributed by atoms with Gasteiger partial charge < -0.3 is 9.84 Å². The monoisotopic (exact) mass is 256 g/mol. The minimum absolute atomic E-state index is 0.0463. The maximum atomic E-state index is 13.5. The lowest BCUT2D eigenvalue weighted by molar-refractivity contribution is 0.00901. The number of hydrogen-bond acceptors (Lipinski definition) is 4.